The summed E-state index contributed by atoms with van der Waals surface area (Å²) in [5.41, 5.74) is 1.50. The number of nitrogens with one attached hydrogen (secondary N) is 1. The molecule has 0 bridgehead atoms. The first kappa shape index (κ1) is 15.3. The van der Waals surface area contributed by atoms with E-state index in [0.717, 1.165) is 0 Å². The Morgan fingerprint density at radius 3 is 2.59 bits per heavy atom. The number of furan rings is 1. The minimum atomic E-state index is -0.510. The summed E-state index contributed by atoms with van der Waals surface area (Å²) in [6, 6.07) is 6.03. The number of nitriles is 1. The topological polar surface area (TPSA) is 109 Å². The zero-order valence-corrected chi connectivity index (χ0v) is 12.3. The molecule has 0 saturated carbocycles. The van der Waals surface area contributed by atoms with Crippen LogP contribution in [0.15, 0.2) is 22.6 Å². The quantitative estimate of drug-likeness (QED) is 0.691. The number of hydrogen-bond acceptors (Lipinski definition) is 5. The molecule has 1 aromatic heterocycles. The van der Waals surface area contributed by atoms with E-state index in [9.17, 15) is 14.9 Å². The summed E-state index contributed by atoms with van der Waals surface area (Å²) in [6.45, 7) is 4.97. The number of aryl methyl sites for hydroxylation is 2. The number of nitro benzene ring substituents is 1. The lowest BCUT2D eigenvalue weighted by atomic mass is 10.1. The van der Waals surface area contributed by atoms with E-state index >= 15 is 0 Å². The molecular formula is C15H13N3O4. The number of nitro groups is 1. The largest absolute Gasteiger partial charge is 0.444 e. The molecule has 0 atom stereocenters. The molecule has 0 unspecified atom stereocenters. The molecule has 7 nitrogen and oxygen atoms in total. The maximum absolute atomic E-state index is 12.2. The van der Waals surface area contributed by atoms with Gasteiger partial charge < -0.3 is 4.42 Å². The van der Waals surface area contributed by atoms with Crippen LogP contribution in [-0.4, -0.2) is 10.8 Å². The standard InChI is InChI=1S/C15H13N3O4/c1-8-6-11(4-5-13(8)18(20)21)14(19)17-15-12(7-16)9(2)10(3)22-15/h4-6H,1-3H3,(H,17,19). The molecule has 1 heterocycles. The van der Waals surface area contributed by atoms with Gasteiger partial charge in [-0.25, -0.2) is 0 Å². The minimum Gasteiger partial charge on any atom is -0.444 e. The van der Waals surface area contributed by atoms with Gasteiger partial charge in [0, 0.05) is 22.8 Å². The van der Waals surface area contributed by atoms with Gasteiger partial charge in [-0.3, -0.25) is 20.2 Å². The summed E-state index contributed by atoms with van der Waals surface area (Å²) in [6.07, 6.45) is 0. The number of rotatable bonds is 3. The Morgan fingerprint density at radius 1 is 1.36 bits per heavy atom. The number of hydrogen-bond donors (Lipinski definition) is 1. The lowest BCUT2D eigenvalue weighted by molar-refractivity contribution is -0.385. The Labute approximate surface area is 126 Å². The summed E-state index contributed by atoms with van der Waals surface area (Å²) < 4.78 is 5.36. The first-order chi connectivity index (χ1) is 10.3. The fourth-order valence-corrected chi connectivity index (χ4v) is 2.03. The van der Waals surface area contributed by atoms with Crippen molar-refractivity contribution in [2.24, 2.45) is 0 Å². The monoisotopic (exact) mass is 299 g/mol. The predicted octanol–water partition coefficient (Wildman–Crippen LogP) is 3.24. The van der Waals surface area contributed by atoms with E-state index in [0.29, 0.717) is 16.9 Å². The Morgan fingerprint density at radius 2 is 2.05 bits per heavy atom. The van der Waals surface area contributed by atoms with Crippen LogP contribution in [0.25, 0.3) is 0 Å². The molecule has 0 aliphatic rings. The highest BCUT2D eigenvalue weighted by Gasteiger charge is 2.19. The van der Waals surface area contributed by atoms with E-state index in [4.69, 9.17) is 9.68 Å². The van der Waals surface area contributed by atoms with Crippen LogP contribution < -0.4 is 5.32 Å². The summed E-state index contributed by atoms with van der Waals surface area (Å²) in [5, 5.41) is 22.4. The number of amides is 1. The molecule has 1 amide bonds. The highest BCUT2D eigenvalue weighted by atomic mass is 16.6. The summed E-state index contributed by atoms with van der Waals surface area (Å²) in [5.74, 6) is 0.133. The van der Waals surface area contributed by atoms with Crippen LogP contribution in [0.5, 0.6) is 0 Å². The Kier molecular flexibility index (Phi) is 3.95. The SMILES string of the molecule is Cc1cc(C(=O)Nc2oc(C)c(C)c2C#N)ccc1[N+](=O)[O-]. The second-order valence-electron chi connectivity index (χ2n) is 4.81. The van der Waals surface area contributed by atoms with Gasteiger partial charge >= 0.3 is 0 Å². The lowest BCUT2D eigenvalue weighted by Crippen LogP contribution is -2.12. The Bertz CT molecular complexity index is 815. The molecule has 1 aromatic carbocycles. The molecule has 0 radical (unpaired) electrons. The summed E-state index contributed by atoms with van der Waals surface area (Å²) in [7, 11) is 0. The van der Waals surface area contributed by atoms with Crippen LogP contribution in [0.3, 0.4) is 0 Å². The highest BCUT2D eigenvalue weighted by molar-refractivity contribution is 6.04. The molecule has 0 fully saturated rings. The van der Waals surface area contributed by atoms with Crippen molar-refractivity contribution >= 4 is 17.5 Å². The minimum absolute atomic E-state index is 0.0565. The second-order valence-corrected chi connectivity index (χ2v) is 4.81. The molecule has 0 saturated heterocycles. The molecule has 0 aliphatic carbocycles. The van der Waals surface area contributed by atoms with Crippen molar-refractivity contribution in [2.75, 3.05) is 5.32 Å². The van der Waals surface area contributed by atoms with Crippen molar-refractivity contribution in [1.29, 1.82) is 5.26 Å². The average Bonchev–Trinajstić information content (AvgIpc) is 2.72. The smallest absolute Gasteiger partial charge is 0.272 e. The normalized spacial score (nSPS) is 10.1. The van der Waals surface area contributed by atoms with Crippen LogP contribution in [0.1, 0.15) is 32.8 Å². The van der Waals surface area contributed by atoms with Crippen molar-refractivity contribution in [3.63, 3.8) is 0 Å². The van der Waals surface area contributed by atoms with Crippen LogP contribution in [0.2, 0.25) is 0 Å². The van der Waals surface area contributed by atoms with E-state index < -0.39 is 10.8 Å². The van der Waals surface area contributed by atoms with Gasteiger partial charge in [0.05, 0.1) is 4.92 Å². The average molecular weight is 299 g/mol. The fraction of sp³-hybridized carbons (Fsp3) is 0.200. The van der Waals surface area contributed by atoms with E-state index in [1.807, 2.05) is 6.07 Å². The molecule has 0 spiro atoms. The van der Waals surface area contributed by atoms with Crippen LogP contribution >= 0.6 is 0 Å². The molecule has 1 N–H and O–H groups in total. The molecule has 2 aromatic rings. The van der Waals surface area contributed by atoms with Gasteiger partial charge in [-0.05, 0) is 32.9 Å². The van der Waals surface area contributed by atoms with Gasteiger partial charge in [-0.1, -0.05) is 0 Å². The van der Waals surface area contributed by atoms with Crippen molar-refractivity contribution in [3.8, 4) is 6.07 Å². The number of nitrogens with zero attached hydrogens (tertiary/aromatic N) is 2. The van der Waals surface area contributed by atoms with Gasteiger partial charge in [0.1, 0.15) is 17.4 Å². The first-order valence-electron chi connectivity index (χ1n) is 6.41. The van der Waals surface area contributed by atoms with E-state index in [-0.39, 0.29) is 22.7 Å². The third kappa shape index (κ3) is 2.67. The Balaban J connectivity index is 2.31. The summed E-state index contributed by atoms with van der Waals surface area (Å²) in [4.78, 5) is 22.4. The van der Waals surface area contributed by atoms with Crippen molar-refractivity contribution in [1.82, 2.24) is 0 Å². The third-order valence-electron chi connectivity index (χ3n) is 3.38. The Hall–Kier alpha value is -3.14. The second kappa shape index (κ2) is 5.69. The maximum Gasteiger partial charge on any atom is 0.272 e. The fourth-order valence-electron chi connectivity index (χ4n) is 2.03. The highest BCUT2D eigenvalue weighted by Crippen LogP contribution is 2.26. The molecule has 7 heteroatoms. The van der Waals surface area contributed by atoms with E-state index in [1.54, 1.807) is 20.8 Å². The van der Waals surface area contributed by atoms with E-state index in [1.165, 1.54) is 18.2 Å². The van der Waals surface area contributed by atoms with Crippen LogP contribution in [0, 0.1) is 42.2 Å². The van der Waals surface area contributed by atoms with Gasteiger partial charge in [0.2, 0.25) is 5.88 Å². The number of benzene rings is 1. The lowest BCUT2D eigenvalue weighted by Gasteiger charge is -2.04. The van der Waals surface area contributed by atoms with Crippen molar-refractivity contribution in [2.45, 2.75) is 20.8 Å². The molecule has 0 aliphatic heterocycles. The van der Waals surface area contributed by atoms with Gasteiger partial charge in [-0.2, -0.15) is 5.26 Å². The molecular weight excluding hydrogens is 286 g/mol. The molecule has 112 valence electrons. The third-order valence-corrected chi connectivity index (χ3v) is 3.38. The van der Waals surface area contributed by atoms with Gasteiger partial charge in [0.15, 0.2) is 0 Å². The number of carbonyl (C=O) groups excluding carboxylic acids is 1. The molecule has 2 rings (SSSR count). The van der Waals surface area contributed by atoms with Crippen molar-refractivity contribution in [3.05, 3.63) is 56.3 Å². The summed E-state index contributed by atoms with van der Waals surface area (Å²) >= 11 is 0. The van der Waals surface area contributed by atoms with Crippen LogP contribution in [-0.2, 0) is 0 Å². The zero-order chi connectivity index (χ0) is 16.4. The van der Waals surface area contributed by atoms with Gasteiger partial charge in [-0.15, -0.1) is 0 Å². The molecule has 22 heavy (non-hydrogen) atoms. The van der Waals surface area contributed by atoms with Gasteiger partial charge in [0.25, 0.3) is 11.6 Å². The predicted molar refractivity (Wildman–Crippen MR) is 78.7 cm³/mol. The zero-order valence-electron chi connectivity index (χ0n) is 12.3. The first-order valence-corrected chi connectivity index (χ1v) is 6.41. The number of anilines is 1. The maximum atomic E-state index is 12.2. The van der Waals surface area contributed by atoms with Crippen molar-refractivity contribution < 1.29 is 14.1 Å². The number of carbonyl (C=O) groups is 1. The van der Waals surface area contributed by atoms with E-state index in [2.05, 4.69) is 5.32 Å². The van der Waals surface area contributed by atoms with Crippen LogP contribution in [0.4, 0.5) is 11.6 Å².